The fourth-order valence-electron chi connectivity index (χ4n) is 6.38. The van der Waals surface area contributed by atoms with Crippen LogP contribution in [0.3, 0.4) is 0 Å². The molecular formula is C20H24O5. The zero-order chi connectivity index (χ0) is 18.2. The van der Waals surface area contributed by atoms with Crippen molar-refractivity contribution in [2.75, 3.05) is 0 Å². The Morgan fingerprint density at radius 2 is 1.96 bits per heavy atom. The van der Waals surface area contributed by atoms with Crippen molar-refractivity contribution in [3.8, 4) is 0 Å². The first kappa shape index (κ1) is 16.7. The fraction of sp³-hybridized carbons (Fsp3) is 0.650. The van der Waals surface area contributed by atoms with Gasteiger partial charge in [-0.25, -0.2) is 4.79 Å². The molecule has 0 heterocycles. The maximum Gasteiger partial charge on any atom is 0.336 e. The highest BCUT2D eigenvalue weighted by molar-refractivity contribution is 6.01. The van der Waals surface area contributed by atoms with Crippen molar-refractivity contribution in [3.63, 3.8) is 0 Å². The summed E-state index contributed by atoms with van der Waals surface area (Å²) in [5.74, 6) is -1.38. The molecule has 1 unspecified atom stereocenters. The monoisotopic (exact) mass is 344 g/mol. The van der Waals surface area contributed by atoms with Gasteiger partial charge >= 0.3 is 5.97 Å². The van der Waals surface area contributed by atoms with E-state index in [1.54, 1.807) is 19.1 Å². The van der Waals surface area contributed by atoms with Gasteiger partial charge in [-0.1, -0.05) is 25.5 Å². The van der Waals surface area contributed by atoms with Gasteiger partial charge in [-0.05, 0) is 49.7 Å². The predicted molar refractivity (Wildman–Crippen MR) is 89.6 cm³/mol. The number of aliphatic hydroxyl groups is 1. The van der Waals surface area contributed by atoms with Crippen LogP contribution in [0, 0.1) is 28.6 Å². The van der Waals surface area contributed by atoms with Crippen molar-refractivity contribution in [3.05, 3.63) is 23.8 Å². The van der Waals surface area contributed by atoms with Crippen LogP contribution in [-0.2, 0) is 14.4 Å². The lowest BCUT2D eigenvalue weighted by molar-refractivity contribution is -0.182. The Kier molecular flexibility index (Phi) is 3.28. The van der Waals surface area contributed by atoms with Crippen molar-refractivity contribution < 1.29 is 24.6 Å². The lowest BCUT2D eigenvalue weighted by atomic mass is 9.47. The molecule has 0 aliphatic heterocycles. The molecule has 0 spiro atoms. The van der Waals surface area contributed by atoms with E-state index < -0.39 is 22.4 Å². The van der Waals surface area contributed by atoms with Crippen molar-refractivity contribution in [1.82, 2.24) is 0 Å². The van der Waals surface area contributed by atoms with Gasteiger partial charge in [0, 0.05) is 23.2 Å². The van der Waals surface area contributed by atoms with Crippen LogP contribution >= 0.6 is 0 Å². The zero-order valence-electron chi connectivity index (χ0n) is 14.6. The SMILES string of the molecule is C[C@@]12C=CC(=O)C=C1CCC1[C@H]2C(=O)C[C@]2(C)[C@@H]1CC[C@@]2(O)C(=O)O. The number of aliphatic carboxylic acids is 1. The number of carbonyl (C=O) groups excluding carboxylic acids is 2. The van der Waals surface area contributed by atoms with E-state index in [2.05, 4.69) is 0 Å². The molecule has 0 saturated heterocycles. The minimum Gasteiger partial charge on any atom is -0.479 e. The van der Waals surface area contributed by atoms with E-state index in [1.165, 1.54) is 0 Å². The van der Waals surface area contributed by atoms with Gasteiger partial charge < -0.3 is 10.2 Å². The standard InChI is InChI=1S/C20H24O5/c1-18-7-5-12(21)9-11(18)3-4-13-14-6-8-20(25,17(23)24)19(14,2)10-15(22)16(13)18/h5,7,9,13-14,16,25H,3-4,6,8,10H2,1-2H3,(H,23,24)/t13?,14-,16+,18-,19-,20-/m1/s1. The molecule has 4 aliphatic carbocycles. The van der Waals surface area contributed by atoms with E-state index in [1.807, 2.05) is 13.0 Å². The molecule has 3 fully saturated rings. The topological polar surface area (TPSA) is 91.7 Å². The zero-order valence-corrected chi connectivity index (χ0v) is 14.6. The first-order chi connectivity index (χ1) is 11.6. The Bertz CT molecular complexity index is 749. The van der Waals surface area contributed by atoms with Crippen LogP contribution < -0.4 is 0 Å². The van der Waals surface area contributed by atoms with Crippen LogP contribution in [0.15, 0.2) is 23.8 Å². The van der Waals surface area contributed by atoms with E-state index in [4.69, 9.17) is 0 Å². The lowest BCUT2D eigenvalue weighted by Crippen LogP contribution is -2.60. The maximum absolute atomic E-state index is 13.2. The van der Waals surface area contributed by atoms with E-state index in [0.29, 0.717) is 6.42 Å². The number of hydrogen-bond acceptors (Lipinski definition) is 4. The first-order valence-electron chi connectivity index (χ1n) is 9.06. The summed E-state index contributed by atoms with van der Waals surface area (Å²) in [5, 5.41) is 20.4. The molecule has 5 heteroatoms. The minimum atomic E-state index is -1.83. The summed E-state index contributed by atoms with van der Waals surface area (Å²) in [7, 11) is 0. The number of ketones is 2. The molecule has 0 aromatic carbocycles. The molecular weight excluding hydrogens is 320 g/mol. The van der Waals surface area contributed by atoms with Gasteiger partial charge in [0.05, 0.1) is 0 Å². The Balaban J connectivity index is 1.78. The summed E-state index contributed by atoms with van der Waals surface area (Å²) in [6, 6.07) is 0. The summed E-state index contributed by atoms with van der Waals surface area (Å²) < 4.78 is 0. The number of carboxylic acid groups (broad SMARTS) is 1. The summed E-state index contributed by atoms with van der Waals surface area (Å²) >= 11 is 0. The molecule has 134 valence electrons. The number of Topliss-reactive ketones (excluding diaryl/α,β-unsaturated/α-hetero) is 1. The third kappa shape index (κ3) is 1.90. The second kappa shape index (κ2) is 4.91. The highest BCUT2D eigenvalue weighted by Gasteiger charge is 2.68. The first-order valence-corrected chi connectivity index (χ1v) is 9.06. The molecule has 3 saturated carbocycles. The normalized spacial score (nSPS) is 48.4. The highest BCUT2D eigenvalue weighted by atomic mass is 16.4. The van der Waals surface area contributed by atoms with Crippen LogP contribution in [0.25, 0.3) is 0 Å². The summed E-state index contributed by atoms with van der Waals surface area (Å²) in [6.07, 6.45) is 7.54. The number of carbonyl (C=O) groups is 3. The third-order valence-corrected chi connectivity index (χ3v) is 7.76. The third-order valence-electron chi connectivity index (χ3n) is 7.76. The number of carboxylic acids is 1. The van der Waals surface area contributed by atoms with Gasteiger partial charge in [0.1, 0.15) is 5.78 Å². The average Bonchev–Trinajstić information content (AvgIpc) is 2.80. The molecule has 0 aromatic heterocycles. The second-order valence-corrected chi connectivity index (χ2v) is 8.74. The van der Waals surface area contributed by atoms with Gasteiger partial charge in [0.25, 0.3) is 0 Å². The quantitative estimate of drug-likeness (QED) is 0.761. The van der Waals surface area contributed by atoms with Gasteiger partial charge in [-0.3, -0.25) is 9.59 Å². The Labute approximate surface area is 146 Å². The van der Waals surface area contributed by atoms with Crippen LogP contribution in [0.1, 0.15) is 46.0 Å². The van der Waals surface area contributed by atoms with Gasteiger partial charge in [-0.15, -0.1) is 0 Å². The number of allylic oxidation sites excluding steroid dienone is 4. The molecule has 0 bridgehead atoms. The van der Waals surface area contributed by atoms with Crippen LogP contribution in [0.5, 0.6) is 0 Å². The molecule has 0 radical (unpaired) electrons. The molecule has 6 atom stereocenters. The molecule has 0 amide bonds. The molecule has 4 rings (SSSR count). The number of fused-ring (bicyclic) bond motifs is 5. The van der Waals surface area contributed by atoms with Crippen LogP contribution in [0.2, 0.25) is 0 Å². The van der Waals surface area contributed by atoms with Crippen molar-refractivity contribution in [2.24, 2.45) is 28.6 Å². The van der Waals surface area contributed by atoms with Crippen LogP contribution in [-0.4, -0.2) is 33.3 Å². The van der Waals surface area contributed by atoms with Crippen molar-refractivity contribution in [2.45, 2.75) is 51.6 Å². The fourth-order valence-corrected chi connectivity index (χ4v) is 6.38. The van der Waals surface area contributed by atoms with Crippen LogP contribution in [0.4, 0.5) is 0 Å². The summed E-state index contributed by atoms with van der Waals surface area (Å²) in [5.41, 5.74) is -2.18. The molecule has 0 aromatic rings. The largest absolute Gasteiger partial charge is 0.479 e. The summed E-state index contributed by atoms with van der Waals surface area (Å²) in [4.78, 5) is 36.7. The van der Waals surface area contributed by atoms with Gasteiger partial charge in [-0.2, -0.15) is 0 Å². The number of rotatable bonds is 1. The summed E-state index contributed by atoms with van der Waals surface area (Å²) in [6.45, 7) is 3.80. The maximum atomic E-state index is 13.2. The molecule has 25 heavy (non-hydrogen) atoms. The number of hydrogen-bond donors (Lipinski definition) is 2. The molecule has 5 nitrogen and oxygen atoms in total. The Hall–Kier alpha value is -1.75. The Morgan fingerprint density at radius 3 is 2.64 bits per heavy atom. The van der Waals surface area contributed by atoms with E-state index in [9.17, 15) is 24.6 Å². The smallest absolute Gasteiger partial charge is 0.336 e. The van der Waals surface area contributed by atoms with Gasteiger partial charge in [0.2, 0.25) is 0 Å². The Morgan fingerprint density at radius 1 is 1.24 bits per heavy atom. The van der Waals surface area contributed by atoms with Crippen molar-refractivity contribution >= 4 is 17.5 Å². The van der Waals surface area contributed by atoms with E-state index in [-0.39, 0.29) is 42.2 Å². The van der Waals surface area contributed by atoms with E-state index >= 15 is 0 Å². The predicted octanol–water partition coefficient (Wildman–Crippen LogP) is 2.29. The van der Waals surface area contributed by atoms with E-state index in [0.717, 1.165) is 18.4 Å². The molecule has 4 aliphatic rings. The average molecular weight is 344 g/mol. The van der Waals surface area contributed by atoms with Gasteiger partial charge in [0.15, 0.2) is 11.4 Å². The second-order valence-electron chi connectivity index (χ2n) is 8.74. The van der Waals surface area contributed by atoms with Crippen molar-refractivity contribution in [1.29, 1.82) is 0 Å². The lowest BCUT2D eigenvalue weighted by Gasteiger charge is -2.56. The minimum absolute atomic E-state index is 0.0145. The highest BCUT2D eigenvalue weighted by Crippen LogP contribution is 2.65. The molecule has 2 N–H and O–H groups in total.